The summed E-state index contributed by atoms with van der Waals surface area (Å²) in [5.41, 5.74) is 3.49. The van der Waals surface area contributed by atoms with Crippen molar-refractivity contribution in [1.82, 2.24) is 9.88 Å². The second-order valence-electron chi connectivity index (χ2n) is 7.26. The molecule has 0 fully saturated rings. The Morgan fingerprint density at radius 3 is 2.48 bits per heavy atom. The summed E-state index contributed by atoms with van der Waals surface area (Å²) in [6.45, 7) is 4.46. The van der Waals surface area contributed by atoms with Gasteiger partial charge in [0.25, 0.3) is 11.5 Å². The lowest BCUT2D eigenvalue weighted by Gasteiger charge is -2.18. The maximum atomic E-state index is 13.1. The molecule has 156 valence electrons. The number of ether oxygens (including phenoxy) is 3. The number of aryl methyl sites for hydroxylation is 3. The van der Waals surface area contributed by atoms with Crippen LogP contribution in [-0.2, 0) is 17.7 Å². The zero-order valence-electron chi connectivity index (χ0n) is 17.6. The van der Waals surface area contributed by atoms with E-state index in [0.29, 0.717) is 30.2 Å². The standard InChI is InChI=1S/C22H28N2O5/c1-13-10-14(2)24(8-9-27-3)22(26)20(13)21(25)23-17-7-6-15-11-18(28-4)19(29-5)12-16(15)17/h10-12,17H,6-9H2,1-5H3,(H,23,25). The van der Waals surface area contributed by atoms with Crippen LogP contribution in [0.3, 0.4) is 0 Å². The van der Waals surface area contributed by atoms with Crippen LogP contribution in [-0.4, -0.2) is 38.4 Å². The molecule has 1 amide bonds. The second-order valence-corrected chi connectivity index (χ2v) is 7.26. The topological polar surface area (TPSA) is 78.8 Å². The number of pyridine rings is 1. The molecule has 0 aliphatic heterocycles. The summed E-state index contributed by atoms with van der Waals surface area (Å²) >= 11 is 0. The fourth-order valence-electron chi connectivity index (χ4n) is 3.98. The fraction of sp³-hybridized carbons (Fsp3) is 0.455. The third-order valence-electron chi connectivity index (χ3n) is 5.48. The maximum absolute atomic E-state index is 13.1. The first-order valence-electron chi connectivity index (χ1n) is 9.66. The number of aromatic nitrogens is 1. The number of nitrogens with one attached hydrogen (secondary N) is 1. The smallest absolute Gasteiger partial charge is 0.263 e. The predicted molar refractivity (Wildman–Crippen MR) is 110 cm³/mol. The van der Waals surface area contributed by atoms with Crippen LogP contribution < -0.4 is 20.3 Å². The van der Waals surface area contributed by atoms with E-state index in [9.17, 15) is 9.59 Å². The molecule has 1 aliphatic carbocycles. The molecule has 1 aromatic heterocycles. The largest absolute Gasteiger partial charge is 0.493 e. The van der Waals surface area contributed by atoms with Gasteiger partial charge in [0.05, 0.1) is 26.9 Å². The highest BCUT2D eigenvalue weighted by Crippen LogP contribution is 2.39. The van der Waals surface area contributed by atoms with Gasteiger partial charge in [0.15, 0.2) is 11.5 Å². The molecule has 1 unspecified atom stereocenters. The first-order chi connectivity index (χ1) is 13.9. The Morgan fingerprint density at radius 2 is 1.83 bits per heavy atom. The molecule has 1 heterocycles. The first kappa shape index (κ1) is 20.9. The number of benzene rings is 1. The molecule has 0 saturated heterocycles. The highest BCUT2D eigenvalue weighted by atomic mass is 16.5. The molecule has 29 heavy (non-hydrogen) atoms. The van der Waals surface area contributed by atoms with E-state index in [2.05, 4.69) is 5.32 Å². The third-order valence-corrected chi connectivity index (χ3v) is 5.48. The van der Waals surface area contributed by atoms with Gasteiger partial charge in [-0.05, 0) is 61.6 Å². The molecular formula is C22H28N2O5. The zero-order chi connectivity index (χ0) is 21.1. The molecule has 1 N–H and O–H groups in total. The Kier molecular flexibility index (Phi) is 6.27. The Morgan fingerprint density at radius 1 is 1.14 bits per heavy atom. The van der Waals surface area contributed by atoms with Crippen molar-refractivity contribution in [2.24, 2.45) is 0 Å². The van der Waals surface area contributed by atoms with Crippen molar-refractivity contribution in [2.45, 2.75) is 39.3 Å². The summed E-state index contributed by atoms with van der Waals surface area (Å²) in [6.07, 6.45) is 1.59. The summed E-state index contributed by atoms with van der Waals surface area (Å²) in [5.74, 6) is 0.945. The molecule has 0 radical (unpaired) electrons. The Balaban J connectivity index is 1.90. The Bertz CT molecular complexity index is 980. The Labute approximate surface area is 170 Å². The van der Waals surface area contributed by atoms with Gasteiger partial charge in [0.2, 0.25) is 0 Å². The van der Waals surface area contributed by atoms with Crippen LogP contribution in [0.15, 0.2) is 23.0 Å². The van der Waals surface area contributed by atoms with Gasteiger partial charge in [-0.1, -0.05) is 0 Å². The van der Waals surface area contributed by atoms with Crippen LogP contribution in [0.5, 0.6) is 11.5 Å². The van der Waals surface area contributed by atoms with Gasteiger partial charge in [0, 0.05) is 19.3 Å². The van der Waals surface area contributed by atoms with Gasteiger partial charge < -0.3 is 24.1 Å². The highest BCUT2D eigenvalue weighted by molar-refractivity contribution is 5.95. The normalized spacial score (nSPS) is 15.1. The van der Waals surface area contributed by atoms with Crippen molar-refractivity contribution in [3.8, 4) is 11.5 Å². The second kappa shape index (κ2) is 8.69. The number of hydrogen-bond donors (Lipinski definition) is 1. The van der Waals surface area contributed by atoms with Gasteiger partial charge in [-0.15, -0.1) is 0 Å². The van der Waals surface area contributed by atoms with E-state index in [4.69, 9.17) is 14.2 Å². The molecule has 0 bridgehead atoms. The van der Waals surface area contributed by atoms with Crippen molar-refractivity contribution in [1.29, 1.82) is 0 Å². The van der Waals surface area contributed by atoms with Crippen molar-refractivity contribution in [3.63, 3.8) is 0 Å². The van der Waals surface area contributed by atoms with E-state index in [1.165, 1.54) is 0 Å². The molecule has 2 aromatic rings. The Hall–Kier alpha value is -2.80. The van der Waals surface area contributed by atoms with Crippen LogP contribution >= 0.6 is 0 Å². The van der Waals surface area contributed by atoms with Gasteiger partial charge in [-0.25, -0.2) is 0 Å². The number of hydrogen-bond acceptors (Lipinski definition) is 5. The van der Waals surface area contributed by atoms with Crippen LogP contribution in [0.2, 0.25) is 0 Å². The lowest BCUT2D eigenvalue weighted by Crippen LogP contribution is -2.36. The SMILES string of the molecule is COCCn1c(C)cc(C)c(C(=O)NC2CCc3cc(OC)c(OC)cc32)c1=O. The molecule has 7 nitrogen and oxygen atoms in total. The van der Waals surface area contributed by atoms with Crippen molar-refractivity contribution >= 4 is 5.91 Å². The van der Waals surface area contributed by atoms with Crippen molar-refractivity contribution in [3.05, 3.63) is 56.5 Å². The minimum Gasteiger partial charge on any atom is -0.493 e. The average molecular weight is 400 g/mol. The lowest BCUT2D eigenvalue weighted by molar-refractivity contribution is 0.0933. The molecular weight excluding hydrogens is 372 g/mol. The van der Waals surface area contributed by atoms with Crippen LogP contribution in [0.1, 0.15) is 45.2 Å². The highest BCUT2D eigenvalue weighted by Gasteiger charge is 2.28. The van der Waals surface area contributed by atoms with E-state index in [-0.39, 0.29) is 23.1 Å². The van der Waals surface area contributed by atoms with E-state index < -0.39 is 0 Å². The molecule has 0 spiro atoms. The molecule has 0 saturated carbocycles. The zero-order valence-corrected chi connectivity index (χ0v) is 17.6. The van der Waals surface area contributed by atoms with E-state index in [0.717, 1.165) is 29.7 Å². The molecule has 3 rings (SSSR count). The van der Waals surface area contributed by atoms with E-state index >= 15 is 0 Å². The van der Waals surface area contributed by atoms with Gasteiger partial charge in [-0.3, -0.25) is 9.59 Å². The van der Waals surface area contributed by atoms with Gasteiger partial charge in [0.1, 0.15) is 5.56 Å². The monoisotopic (exact) mass is 400 g/mol. The minimum atomic E-state index is -0.355. The molecule has 1 aromatic carbocycles. The van der Waals surface area contributed by atoms with E-state index in [1.54, 1.807) is 32.8 Å². The minimum absolute atomic E-state index is 0.176. The molecule has 1 aliphatic rings. The van der Waals surface area contributed by atoms with Crippen LogP contribution in [0.25, 0.3) is 0 Å². The van der Waals surface area contributed by atoms with Crippen LogP contribution in [0.4, 0.5) is 0 Å². The van der Waals surface area contributed by atoms with Gasteiger partial charge in [-0.2, -0.15) is 0 Å². The quantitative estimate of drug-likeness (QED) is 0.773. The predicted octanol–water partition coefficient (Wildman–Crippen LogP) is 2.55. The third kappa shape index (κ3) is 4.00. The first-order valence-corrected chi connectivity index (χ1v) is 9.66. The number of carbonyl (C=O) groups excluding carboxylic acids is 1. The number of methoxy groups -OCH3 is 3. The van der Waals surface area contributed by atoms with Crippen LogP contribution in [0, 0.1) is 13.8 Å². The number of amides is 1. The summed E-state index contributed by atoms with van der Waals surface area (Å²) in [7, 11) is 4.78. The summed E-state index contributed by atoms with van der Waals surface area (Å²) in [5, 5.41) is 3.04. The summed E-state index contributed by atoms with van der Waals surface area (Å²) < 4.78 is 17.4. The molecule has 1 atom stereocenters. The summed E-state index contributed by atoms with van der Waals surface area (Å²) in [6, 6.07) is 5.55. The maximum Gasteiger partial charge on any atom is 0.263 e. The average Bonchev–Trinajstić information content (AvgIpc) is 3.07. The number of fused-ring (bicyclic) bond motifs is 1. The van der Waals surface area contributed by atoms with Crippen molar-refractivity contribution in [2.75, 3.05) is 27.9 Å². The van der Waals surface area contributed by atoms with Gasteiger partial charge >= 0.3 is 0 Å². The fourth-order valence-corrected chi connectivity index (χ4v) is 3.98. The molecule has 7 heteroatoms. The number of nitrogens with zero attached hydrogens (tertiary/aromatic N) is 1. The lowest BCUT2D eigenvalue weighted by atomic mass is 10.1. The summed E-state index contributed by atoms with van der Waals surface area (Å²) in [4.78, 5) is 26.0. The van der Waals surface area contributed by atoms with Crippen molar-refractivity contribution < 1.29 is 19.0 Å². The number of rotatable bonds is 7. The number of carbonyl (C=O) groups is 1. The van der Waals surface area contributed by atoms with E-state index in [1.807, 2.05) is 25.1 Å².